The lowest BCUT2D eigenvalue weighted by molar-refractivity contribution is 0.102. The van der Waals surface area contributed by atoms with E-state index in [1.807, 2.05) is 30.3 Å². The van der Waals surface area contributed by atoms with Gasteiger partial charge in [0.2, 0.25) is 0 Å². The summed E-state index contributed by atoms with van der Waals surface area (Å²) in [7, 11) is 0. The van der Waals surface area contributed by atoms with Crippen molar-refractivity contribution in [3.05, 3.63) is 65.9 Å². The molecule has 0 aliphatic rings. The normalized spacial score (nSPS) is 10.3. The van der Waals surface area contributed by atoms with Gasteiger partial charge in [0, 0.05) is 16.9 Å². The molecule has 1 aromatic heterocycles. The third kappa shape index (κ3) is 3.66. The van der Waals surface area contributed by atoms with E-state index in [1.54, 1.807) is 31.2 Å². The number of nitrogens with one attached hydrogen (secondary N) is 2. The molecule has 126 valence electrons. The standard InChI is InChI=1S/C18H16N4O3/c1-11-15(16(22-25-11)12-6-3-2-4-7-12)17(23)20-13-8-5-9-14(10-13)21-18(19)24/h2-10H,1H3,(H,20,23)(H3,19,21,24). The van der Waals surface area contributed by atoms with Crippen LogP contribution in [0.1, 0.15) is 16.1 Å². The Bertz CT molecular complexity index is 919. The Hall–Kier alpha value is -3.61. The number of carbonyl (C=O) groups is 2. The largest absolute Gasteiger partial charge is 0.360 e. The molecule has 7 heteroatoms. The van der Waals surface area contributed by atoms with Gasteiger partial charge in [0.05, 0.1) is 0 Å². The third-order valence-electron chi connectivity index (χ3n) is 3.52. The van der Waals surface area contributed by atoms with Crippen molar-refractivity contribution in [1.29, 1.82) is 0 Å². The van der Waals surface area contributed by atoms with Crippen molar-refractivity contribution in [1.82, 2.24) is 5.16 Å². The minimum Gasteiger partial charge on any atom is -0.360 e. The molecule has 1 heterocycles. The molecule has 4 N–H and O–H groups in total. The number of aryl methyl sites for hydroxylation is 1. The van der Waals surface area contributed by atoms with Crippen LogP contribution in [0.25, 0.3) is 11.3 Å². The van der Waals surface area contributed by atoms with E-state index < -0.39 is 6.03 Å². The predicted molar refractivity (Wildman–Crippen MR) is 94.3 cm³/mol. The summed E-state index contributed by atoms with van der Waals surface area (Å²) in [6, 6.07) is 15.3. The van der Waals surface area contributed by atoms with E-state index in [0.29, 0.717) is 28.4 Å². The fraction of sp³-hybridized carbons (Fsp3) is 0.0556. The summed E-state index contributed by atoms with van der Waals surface area (Å²) in [6.07, 6.45) is 0. The Morgan fingerprint density at radius 2 is 1.68 bits per heavy atom. The van der Waals surface area contributed by atoms with E-state index in [2.05, 4.69) is 15.8 Å². The van der Waals surface area contributed by atoms with Gasteiger partial charge in [0.15, 0.2) is 0 Å². The van der Waals surface area contributed by atoms with Crippen LogP contribution in [0, 0.1) is 6.92 Å². The Kier molecular flexibility index (Phi) is 4.47. The van der Waals surface area contributed by atoms with Gasteiger partial charge in [-0.2, -0.15) is 0 Å². The maximum Gasteiger partial charge on any atom is 0.316 e. The minimum absolute atomic E-state index is 0.353. The highest BCUT2D eigenvalue weighted by atomic mass is 16.5. The highest BCUT2D eigenvalue weighted by Gasteiger charge is 2.21. The van der Waals surface area contributed by atoms with E-state index in [4.69, 9.17) is 10.3 Å². The second-order valence-corrected chi connectivity index (χ2v) is 5.35. The molecule has 3 aromatic rings. The lowest BCUT2D eigenvalue weighted by Crippen LogP contribution is -2.19. The number of rotatable bonds is 4. The van der Waals surface area contributed by atoms with Gasteiger partial charge in [-0.05, 0) is 25.1 Å². The van der Waals surface area contributed by atoms with Crippen molar-refractivity contribution in [2.75, 3.05) is 10.6 Å². The van der Waals surface area contributed by atoms with Gasteiger partial charge in [-0.15, -0.1) is 0 Å². The molecule has 0 radical (unpaired) electrons. The van der Waals surface area contributed by atoms with Crippen molar-refractivity contribution in [2.45, 2.75) is 6.92 Å². The average Bonchev–Trinajstić information content (AvgIpc) is 2.97. The highest BCUT2D eigenvalue weighted by Crippen LogP contribution is 2.26. The van der Waals surface area contributed by atoms with Crippen LogP contribution in [-0.2, 0) is 0 Å². The van der Waals surface area contributed by atoms with Gasteiger partial charge in [0.25, 0.3) is 5.91 Å². The first-order valence-electron chi connectivity index (χ1n) is 7.54. The number of hydrogen-bond donors (Lipinski definition) is 3. The van der Waals surface area contributed by atoms with Crippen molar-refractivity contribution in [3.63, 3.8) is 0 Å². The zero-order chi connectivity index (χ0) is 17.8. The molecule has 7 nitrogen and oxygen atoms in total. The Morgan fingerprint density at radius 3 is 2.36 bits per heavy atom. The molecule has 0 aliphatic heterocycles. The molecule has 0 bridgehead atoms. The van der Waals surface area contributed by atoms with E-state index >= 15 is 0 Å². The summed E-state index contributed by atoms with van der Waals surface area (Å²) < 4.78 is 5.20. The first-order valence-corrected chi connectivity index (χ1v) is 7.54. The molecule has 3 amide bonds. The van der Waals surface area contributed by atoms with Crippen molar-refractivity contribution in [2.24, 2.45) is 5.73 Å². The van der Waals surface area contributed by atoms with Crippen LogP contribution in [0.5, 0.6) is 0 Å². The summed E-state index contributed by atoms with van der Waals surface area (Å²) in [4.78, 5) is 23.6. The summed E-state index contributed by atoms with van der Waals surface area (Å²) in [5.74, 6) is 0.0663. The van der Waals surface area contributed by atoms with Crippen LogP contribution in [0.15, 0.2) is 59.1 Å². The number of amides is 3. The van der Waals surface area contributed by atoms with Crippen molar-refractivity contribution >= 4 is 23.3 Å². The van der Waals surface area contributed by atoms with E-state index in [9.17, 15) is 9.59 Å². The molecule has 25 heavy (non-hydrogen) atoms. The Morgan fingerprint density at radius 1 is 1.00 bits per heavy atom. The van der Waals surface area contributed by atoms with Crippen LogP contribution < -0.4 is 16.4 Å². The Labute approximate surface area is 143 Å². The van der Waals surface area contributed by atoms with Gasteiger partial charge < -0.3 is 20.9 Å². The minimum atomic E-state index is -0.676. The number of carbonyl (C=O) groups excluding carboxylic acids is 2. The molecular formula is C18H16N4O3. The zero-order valence-electron chi connectivity index (χ0n) is 13.4. The molecule has 0 saturated heterocycles. The Balaban J connectivity index is 1.88. The lowest BCUT2D eigenvalue weighted by Gasteiger charge is -2.08. The SMILES string of the molecule is Cc1onc(-c2ccccc2)c1C(=O)Nc1cccc(NC(N)=O)c1. The molecule has 0 fully saturated rings. The number of urea groups is 1. The fourth-order valence-corrected chi connectivity index (χ4v) is 2.44. The zero-order valence-corrected chi connectivity index (χ0v) is 13.4. The average molecular weight is 336 g/mol. The van der Waals surface area contributed by atoms with Crippen LogP contribution in [0.3, 0.4) is 0 Å². The maximum atomic E-state index is 12.7. The van der Waals surface area contributed by atoms with Gasteiger partial charge in [-0.1, -0.05) is 41.6 Å². The molecule has 2 aromatic carbocycles. The third-order valence-corrected chi connectivity index (χ3v) is 3.52. The van der Waals surface area contributed by atoms with Crippen LogP contribution in [0.2, 0.25) is 0 Å². The number of aromatic nitrogens is 1. The number of nitrogens with zero attached hydrogens (tertiary/aromatic N) is 1. The first kappa shape index (κ1) is 16.3. The second-order valence-electron chi connectivity index (χ2n) is 5.35. The molecule has 3 rings (SSSR count). The van der Waals surface area contributed by atoms with Gasteiger partial charge in [-0.25, -0.2) is 4.79 Å². The lowest BCUT2D eigenvalue weighted by atomic mass is 10.1. The molecular weight excluding hydrogens is 320 g/mol. The van der Waals surface area contributed by atoms with Crippen LogP contribution >= 0.6 is 0 Å². The number of hydrogen-bond acceptors (Lipinski definition) is 4. The summed E-state index contributed by atoms with van der Waals surface area (Å²) in [5.41, 5.74) is 7.71. The van der Waals surface area contributed by atoms with E-state index in [-0.39, 0.29) is 5.91 Å². The summed E-state index contributed by atoms with van der Waals surface area (Å²) >= 11 is 0. The van der Waals surface area contributed by atoms with Crippen LogP contribution in [-0.4, -0.2) is 17.1 Å². The van der Waals surface area contributed by atoms with Gasteiger partial charge >= 0.3 is 6.03 Å². The molecule has 0 saturated carbocycles. The number of nitrogens with two attached hydrogens (primary N) is 1. The van der Waals surface area contributed by atoms with Crippen LogP contribution in [0.4, 0.5) is 16.2 Å². The van der Waals surface area contributed by atoms with Gasteiger partial charge in [0.1, 0.15) is 17.0 Å². The van der Waals surface area contributed by atoms with E-state index in [0.717, 1.165) is 5.56 Å². The topological polar surface area (TPSA) is 110 Å². The second kappa shape index (κ2) is 6.88. The smallest absolute Gasteiger partial charge is 0.316 e. The quantitative estimate of drug-likeness (QED) is 0.678. The fourth-order valence-electron chi connectivity index (χ4n) is 2.44. The molecule has 0 spiro atoms. The molecule has 0 unspecified atom stereocenters. The number of primary amides is 1. The van der Waals surface area contributed by atoms with E-state index in [1.165, 1.54) is 0 Å². The summed E-state index contributed by atoms with van der Waals surface area (Å²) in [5, 5.41) is 9.23. The first-order chi connectivity index (χ1) is 12.0. The predicted octanol–water partition coefficient (Wildman–Crippen LogP) is 3.39. The highest BCUT2D eigenvalue weighted by molar-refractivity contribution is 6.09. The molecule has 0 aliphatic carbocycles. The number of benzene rings is 2. The molecule has 0 atom stereocenters. The van der Waals surface area contributed by atoms with Crippen molar-refractivity contribution in [3.8, 4) is 11.3 Å². The van der Waals surface area contributed by atoms with Crippen molar-refractivity contribution < 1.29 is 14.1 Å². The monoisotopic (exact) mass is 336 g/mol. The maximum absolute atomic E-state index is 12.7. The van der Waals surface area contributed by atoms with Gasteiger partial charge in [-0.3, -0.25) is 4.79 Å². The summed E-state index contributed by atoms with van der Waals surface area (Å²) in [6.45, 7) is 1.68. The number of anilines is 2.